The van der Waals surface area contributed by atoms with Gasteiger partial charge in [0.2, 0.25) is 0 Å². The Morgan fingerprint density at radius 3 is 2.50 bits per heavy atom. The van der Waals surface area contributed by atoms with Gasteiger partial charge in [-0.15, -0.1) is 0 Å². The van der Waals surface area contributed by atoms with Crippen LogP contribution in [0, 0.1) is 12.8 Å². The van der Waals surface area contributed by atoms with Crippen molar-refractivity contribution in [2.45, 2.75) is 52.0 Å². The number of aryl methyl sites for hydroxylation is 1. The van der Waals surface area contributed by atoms with Gasteiger partial charge in [0.05, 0.1) is 11.3 Å². The molecule has 0 atom stereocenters. The van der Waals surface area contributed by atoms with E-state index in [0.717, 1.165) is 11.7 Å². The van der Waals surface area contributed by atoms with Crippen LogP contribution in [0.1, 0.15) is 55.1 Å². The van der Waals surface area contributed by atoms with E-state index in [2.05, 4.69) is 23.9 Å². The molecule has 2 rings (SSSR count). The van der Waals surface area contributed by atoms with E-state index in [1.807, 2.05) is 6.07 Å². The molecular weight excluding hydrogens is 252 g/mol. The number of nitrogens with zero attached hydrogens (tertiary/aromatic N) is 2. The predicted molar refractivity (Wildman–Crippen MR) is 80.4 cm³/mol. The number of carboxylic acids is 1. The Bertz CT molecular complexity index is 479. The lowest BCUT2D eigenvalue weighted by Gasteiger charge is -2.35. The number of rotatable bonds is 4. The standard InChI is InChI=1S/C16H24N2O2/c1-4-12-5-7-13(8-6-12)18(3)15-10-9-14(16(19)20)11(2)17-15/h9-10,12-13H,4-8H2,1-3H3,(H,19,20). The zero-order chi connectivity index (χ0) is 14.7. The maximum Gasteiger partial charge on any atom is 0.337 e. The van der Waals surface area contributed by atoms with Gasteiger partial charge in [0.15, 0.2) is 0 Å². The Morgan fingerprint density at radius 2 is 2.00 bits per heavy atom. The third kappa shape index (κ3) is 3.11. The summed E-state index contributed by atoms with van der Waals surface area (Å²) in [7, 11) is 2.07. The third-order valence-corrected chi connectivity index (χ3v) is 4.60. The Labute approximate surface area is 120 Å². The van der Waals surface area contributed by atoms with Gasteiger partial charge >= 0.3 is 5.97 Å². The first kappa shape index (κ1) is 14.8. The molecule has 0 saturated heterocycles. The Balaban J connectivity index is 2.08. The van der Waals surface area contributed by atoms with Crippen molar-refractivity contribution in [1.82, 2.24) is 4.98 Å². The van der Waals surface area contributed by atoms with Gasteiger partial charge in [-0.3, -0.25) is 0 Å². The first-order valence-electron chi connectivity index (χ1n) is 7.46. The van der Waals surface area contributed by atoms with Crippen LogP contribution in [-0.4, -0.2) is 29.1 Å². The van der Waals surface area contributed by atoms with Crippen LogP contribution in [0.3, 0.4) is 0 Å². The van der Waals surface area contributed by atoms with Crippen molar-refractivity contribution in [2.75, 3.05) is 11.9 Å². The summed E-state index contributed by atoms with van der Waals surface area (Å²) in [4.78, 5) is 17.7. The summed E-state index contributed by atoms with van der Waals surface area (Å²) in [6, 6.07) is 4.01. The molecule has 110 valence electrons. The summed E-state index contributed by atoms with van der Waals surface area (Å²) in [6.45, 7) is 4.03. The summed E-state index contributed by atoms with van der Waals surface area (Å²) in [5, 5.41) is 9.05. The smallest absolute Gasteiger partial charge is 0.337 e. The summed E-state index contributed by atoms with van der Waals surface area (Å²) >= 11 is 0. The van der Waals surface area contributed by atoms with Crippen molar-refractivity contribution >= 4 is 11.8 Å². The second-order valence-corrected chi connectivity index (χ2v) is 5.80. The van der Waals surface area contributed by atoms with Crippen LogP contribution in [0.25, 0.3) is 0 Å². The minimum atomic E-state index is -0.910. The van der Waals surface area contributed by atoms with Crippen LogP contribution in [0.5, 0.6) is 0 Å². The lowest BCUT2D eigenvalue weighted by atomic mass is 9.84. The maximum absolute atomic E-state index is 11.0. The number of carbonyl (C=O) groups is 1. The molecule has 0 spiro atoms. The summed E-state index contributed by atoms with van der Waals surface area (Å²) in [6.07, 6.45) is 6.27. The number of anilines is 1. The molecular formula is C16H24N2O2. The number of pyridine rings is 1. The van der Waals surface area contributed by atoms with Crippen molar-refractivity contribution in [3.63, 3.8) is 0 Å². The highest BCUT2D eigenvalue weighted by Gasteiger charge is 2.24. The summed E-state index contributed by atoms with van der Waals surface area (Å²) in [5.74, 6) is 0.851. The minimum Gasteiger partial charge on any atom is -0.478 e. The fraction of sp³-hybridized carbons (Fsp3) is 0.625. The number of aromatic carboxylic acids is 1. The predicted octanol–water partition coefficient (Wildman–Crippen LogP) is 3.49. The lowest BCUT2D eigenvalue weighted by molar-refractivity contribution is 0.0695. The van der Waals surface area contributed by atoms with Gasteiger partial charge in [-0.2, -0.15) is 0 Å². The first-order chi connectivity index (χ1) is 9.52. The monoisotopic (exact) mass is 276 g/mol. The van der Waals surface area contributed by atoms with Gasteiger partial charge in [0.25, 0.3) is 0 Å². The highest BCUT2D eigenvalue weighted by atomic mass is 16.4. The molecule has 1 aliphatic rings. The molecule has 4 nitrogen and oxygen atoms in total. The molecule has 0 unspecified atom stereocenters. The second-order valence-electron chi connectivity index (χ2n) is 5.80. The SMILES string of the molecule is CCC1CCC(N(C)c2ccc(C(=O)O)c(C)n2)CC1. The third-order valence-electron chi connectivity index (χ3n) is 4.60. The van der Waals surface area contributed by atoms with E-state index >= 15 is 0 Å². The molecule has 1 fully saturated rings. The average Bonchev–Trinajstić information content (AvgIpc) is 2.46. The minimum absolute atomic E-state index is 0.289. The fourth-order valence-corrected chi connectivity index (χ4v) is 3.10. The zero-order valence-electron chi connectivity index (χ0n) is 12.6. The number of hydrogen-bond acceptors (Lipinski definition) is 3. The Morgan fingerprint density at radius 1 is 1.35 bits per heavy atom. The van der Waals surface area contributed by atoms with Gasteiger partial charge in [-0.05, 0) is 50.7 Å². The van der Waals surface area contributed by atoms with E-state index in [1.165, 1.54) is 32.1 Å². The molecule has 1 heterocycles. The van der Waals surface area contributed by atoms with Crippen LogP contribution < -0.4 is 4.90 Å². The molecule has 20 heavy (non-hydrogen) atoms. The second kappa shape index (κ2) is 6.25. The molecule has 1 saturated carbocycles. The number of carboxylic acid groups (broad SMARTS) is 1. The van der Waals surface area contributed by atoms with Gasteiger partial charge < -0.3 is 10.0 Å². The van der Waals surface area contributed by atoms with E-state index in [1.54, 1.807) is 13.0 Å². The van der Waals surface area contributed by atoms with Gasteiger partial charge in [0, 0.05) is 13.1 Å². The summed E-state index contributed by atoms with van der Waals surface area (Å²) in [5.41, 5.74) is 0.876. The molecule has 4 heteroatoms. The maximum atomic E-state index is 11.0. The molecule has 1 N–H and O–H groups in total. The zero-order valence-corrected chi connectivity index (χ0v) is 12.6. The van der Waals surface area contributed by atoms with Gasteiger partial charge in [-0.25, -0.2) is 9.78 Å². The van der Waals surface area contributed by atoms with Crippen molar-refractivity contribution in [2.24, 2.45) is 5.92 Å². The molecule has 0 aromatic carbocycles. The van der Waals surface area contributed by atoms with Crippen LogP contribution >= 0.6 is 0 Å². The molecule has 1 aromatic heterocycles. The molecule has 0 radical (unpaired) electrons. The summed E-state index contributed by atoms with van der Waals surface area (Å²) < 4.78 is 0. The quantitative estimate of drug-likeness (QED) is 0.914. The van der Waals surface area contributed by atoms with Gasteiger partial charge in [-0.1, -0.05) is 13.3 Å². The molecule has 0 amide bonds. The number of aromatic nitrogens is 1. The van der Waals surface area contributed by atoms with Gasteiger partial charge in [0.1, 0.15) is 5.82 Å². The van der Waals surface area contributed by atoms with E-state index in [9.17, 15) is 4.79 Å². The Kier molecular flexibility index (Phi) is 4.63. The van der Waals surface area contributed by atoms with E-state index < -0.39 is 5.97 Å². The van der Waals surface area contributed by atoms with Crippen molar-refractivity contribution < 1.29 is 9.90 Å². The van der Waals surface area contributed by atoms with E-state index in [0.29, 0.717) is 11.7 Å². The van der Waals surface area contributed by atoms with Crippen molar-refractivity contribution in [3.05, 3.63) is 23.4 Å². The average molecular weight is 276 g/mol. The van der Waals surface area contributed by atoms with Crippen LogP contribution in [0.4, 0.5) is 5.82 Å². The van der Waals surface area contributed by atoms with Crippen molar-refractivity contribution in [1.29, 1.82) is 0 Å². The molecule has 0 bridgehead atoms. The highest BCUT2D eigenvalue weighted by molar-refractivity contribution is 5.89. The molecule has 0 aliphatic heterocycles. The largest absolute Gasteiger partial charge is 0.478 e. The Hall–Kier alpha value is -1.58. The highest BCUT2D eigenvalue weighted by Crippen LogP contribution is 2.30. The van der Waals surface area contributed by atoms with E-state index in [4.69, 9.17) is 5.11 Å². The fourth-order valence-electron chi connectivity index (χ4n) is 3.10. The normalized spacial score (nSPS) is 22.6. The molecule has 1 aliphatic carbocycles. The van der Waals surface area contributed by atoms with Crippen LogP contribution in [-0.2, 0) is 0 Å². The number of hydrogen-bond donors (Lipinski definition) is 1. The first-order valence-corrected chi connectivity index (χ1v) is 7.46. The van der Waals surface area contributed by atoms with Crippen LogP contribution in [0.2, 0.25) is 0 Å². The topological polar surface area (TPSA) is 53.4 Å². The molecule has 1 aromatic rings. The lowest BCUT2D eigenvalue weighted by Crippen LogP contribution is -2.35. The van der Waals surface area contributed by atoms with Crippen molar-refractivity contribution in [3.8, 4) is 0 Å². The van der Waals surface area contributed by atoms with Crippen LogP contribution in [0.15, 0.2) is 12.1 Å². The van der Waals surface area contributed by atoms with E-state index in [-0.39, 0.29) is 5.56 Å².